The lowest BCUT2D eigenvalue weighted by molar-refractivity contribution is 0.137. The lowest BCUT2D eigenvalue weighted by atomic mass is 10.1. The van der Waals surface area contributed by atoms with E-state index in [-0.39, 0.29) is 5.56 Å². The van der Waals surface area contributed by atoms with E-state index in [1.165, 1.54) is 0 Å². The van der Waals surface area contributed by atoms with Crippen molar-refractivity contribution in [2.45, 2.75) is 24.8 Å². The number of rotatable bonds is 3. The van der Waals surface area contributed by atoms with E-state index in [0.29, 0.717) is 12.0 Å². The Morgan fingerprint density at radius 3 is 2.50 bits per heavy atom. The Balaban J connectivity index is 1.46. The molecule has 0 unspecified atom stereocenters. The molecule has 20 heavy (non-hydrogen) atoms. The van der Waals surface area contributed by atoms with E-state index in [4.69, 9.17) is 0 Å². The van der Waals surface area contributed by atoms with Crippen LogP contribution in [0, 0.1) is 0 Å². The second-order valence-electron chi connectivity index (χ2n) is 6.10. The predicted octanol–water partition coefficient (Wildman–Crippen LogP) is -0.259. The number of aromatic nitrogens is 2. The molecule has 6 nitrogen and oxygen atoms in total. The van der Waals surface area contributed by atoms with E-state index in [0.717, 1.165) is 63.8 Å². The van der Waals surface area contributed by atoms with Crippen LogP contribution in [0.25, 0.3) is 0 Å². The highest BCUT2D eigenvalue weighted by atomic mass is 16.1. The molecule has 3 aliphatic rings. The van der Waals surface area contributed by atoms with Crippen molar-refractivity contribution in [1.82, 2.24) is 20.2 Å². The maximum atomic E-state index is 11.8. The topological polar surface area (TPSA) is 64.3 Å². The zero-order chi connectivity index (χ0) is 13.5. The third-order valence-electron chi connectivity index (χ3n) is 4.63. The minimum Gasteiger partial charge on any atom is -0.354 e. The third-order valence-corrected chi connectivity index (χ3v) is 4.63. The first kappa shape index (κ1) is 12.3. The molecule has 0 atom stereocenters. The van der Waals surface area contributed by atoms with Crippen LogP contribution in [0.2, 0.25) is 0 Å². The van der Waals surface area contributed by atoms with Gasteiger partial charge in [0.15, 0.2) is 0 Å². The zero-order valence-corrected chi connectivity index (χ0v) is 11.6. The summed E-state index contributed by atoms with van der Waals surface area (Å²) >= 11 is 0. The van der Waals surface area contributed by atoms with Crippen LogP contribution in [0.3, 0.4) is 0 Å². The van der Waals surface area contributed by atoms with Crippen molar-refractivity contribution in [3.05, 3.63) is 22.2 Å². The molecule has 3 heterocycles. The fourth-order valence-electron chi connectivity index (χ4n) is 3.02. The second-order valence-corrected chi connectivity index (χ2v) is 6.10. The molecule has 2 saturated heterocycles. The summed E-state index contributed by atoms with van der Waals surface area (Å²) in [6.07, 6.45) is 2.32. The summed E-state index contributed by atoms with van der Waals surface area (Å²) in [7, 11) is 0. The van der Waals surface area contributed by atoms with Gasteiger partial charge in [-0.1, -0.05) is 0 Å². The molecule has 6 heteroatoms. The summed E-state index contributed by atoms with van der Waals surface area (Å²) in [6.45, 7) is 6.32. The Morgan fingerprint density at radius 1 is 1.15 bits per heavy atom. The molecule has 0 aromatic carbocycles. The molecular formula is C14H21N5O. The summed E-state index contributed by atoms with van der Waals surface area (Å²) in [5.41, 5.74) is -0.0116. The summed E-state index contributed by atoms with van der Waals surface area (Å²) in [5, 5.41) is 3.32. The number of aromatic amines is 1. The Labute approximate surface area is 118 Å². The van der Waals surface area contributed by atoms with Crippen molar-refractivity contribution < 1.29 is 0 Å². The quantitative estimate of drug-likeness (QED) is 0.796. The van der Waals surface area contributed by atoms with Gasteiger partial charge in [-0.3, -0.25) is 9.69 Å². The van der Waals surface area contributed by atoms with Gasteiger partial charge in [-0.15, -0.1) is 0 Å². The number of piperazine rings is 1. The van der Waals surface area contributed by atoms with E-state index in [1.807, 2.05) is 0 Å². The summed E-state index contributed by atoms with van der Waals surface area (Å²) in [4.78, 5) is 24.1. The highest BCUT2D eigenvalue weighted by Gasteiger charge is 2.30. The maximum absolute atomic E-state index is 11.8. The van der Waals surface area contributed by atoms with Crippen molar-refractivity contribution in [2.75, 3.05) is 44.2 Å². The van der Waals surface area contributed by atoms with Crippen LogP contribution < -0.4 is 15.8 Å². The van der Waals surface area contributed by atoms with Crippen LogP contribution in [0.5, 0.6) is 0 Å². The van der Waals surface area contributed by atoms with Crippen LogP contribution in [-0.2, 0) is 0 Å². The van der Waals surface area contributed by atoms with E-state index in [2.05, 4.69) is 25.1 Å². The number of anilines is 1. The maximum Gasteiger partial charge on any atom is 0.252 e. The van der Waals surface area contributed by atoms with E-state index in [9.17, 15) is 4.79 Å². The first-order valence-corrected chi connectivity index (χ1v) is 7.60. The lowest BCUT2D eigenvalue weighted by Gasteiger charge is -2.43. The number of hydrogen-bond acceptors (Lipinski definition) is 5. The first-order valence-electron chi connectivity index (χ1n) is 7.60. The van der Waals surface area contributed by atoms with Gasteiger partial charge in [-0.2, -0.15) is 0 Å². The van der Waals surface area contributed by atoms with Gasteiger partial charge < -0.3 is 15.2 Å². The van der Waals surface area contributed by atoms with Crippen LogP contribution in [0.1, 0.15) is 24.6 Å². The standard InChI is InChI=1S/C14H21N5O/c20-13-7-12(16-14(17-13)10-1-2-10)19-5-3-18(4-6-19)11-8-15-9-11/h7,10-11,15H,1-6,8-9H2,(H,16,17,20). The zero-order valence-electron chi connectivity index (χ0n) is 11.6. The Bertz CT molecular complexity index is 541. The largest absolute Gasteiger partial charge is 0.354 e. The van der Waals surface area contributed by atoms with E-state index >= 15 is 0 Å². The molecule has 2 aliphatic heterocycles. The lowest BCUT2D eigenvalue weighted by Crippen LogP contribution is -2.61. The molecule has 1 saturated carbocycles. The van der Waals surface area contributed by atoms with Crippen molar-refractivity contribution in [3.63, 3.8) is 0 Å². The molecule has 2 N–H and O–H groups in total. The van der Waals surface area contributed by atoms with Gasteiger partial charge in [0.2, 0.25) is 0 Å². The SMILES string of the molecule is O=c1cc(N2CCN(C3CNC3)CC2)nc(C2CC2)[nH]1. The molecule has 4 rings (SSSR count). The minimum absolute atomic E-state index is 0.0116. The van der Waals surface area contributed by atoms with E-state index in [1.54, 1.807) is 6.07 Å². The van der Waals surface area contributed by atoms with Gasteiger partial charge in [0, 0.05) is 57.3 Å². The summed E-state index contributed by atoms with van der Waals surface area (Å²) in [5.74, 6) is 2.24. The third kappa shape index (κ3) is 2.33. The first-order chi connectivity index (χ1) is 9.79. The molecule has 1 aliphatic carbocycles. The van der Waals surface area contributed by atoms with Crippen LogP contribution in [0.15, 0.2) is 10.9 Å². The van der Waals surface area contributed by atoms with Crippen molar-refractivity contribution >= 4 is 5.82 Å². The van der Waals surface area contributed by atoms with Gasteiger partial charge in [0.25, 0.3) is 5.56 Å². The molecule has 1 aromatic heterocycles. The number of hydrogen-bond donors (Lipinski definition) is 2. The monoisotopic (exact) mass is 275 g/mol. The van der Waals surface area contributed by atoms with Crippen molar-refractivity contribution in [3.8, 4) is 0 Å². The molecule has 1 aromatic rings. The Morgan fingerprint density at radius 2 is 1.90 bits per heavy atom. The molecule has 0 radical (unpaired) electrons. The summed E-state index contributed by atoms with van der Waals surface area (Å²) in [6, 6.07) is 2.36. The highest BCUT2D eigenvalue weighted by Crippen LogP contribution is 2.37. The van der Waals surface area contributed by atoms with Crippen LogP contribution >= 0.6 is 0 Å². The molecule has 0 spiro atoms. The second kappa shape index (κ2) is 4.86. The van der Waals surface area contributed by atoms with Crippen LogP contribution in [0.4, 0.5) is 5.82 Å². The number of nitrogens with zero attached hydrogens (tertiary/aromatic N) is 3. The normalized spacial score (nSPS) is 24.7. The predicted molar refractivity (Wildman–Crippen MR) is 77.3 cm³/mol. The number of nitrogens with one attached hydrogen (secondary N) is 2. The fourth-order valence-corrected chi connectivity index (χ4v) is 3.02. The number of H-pyrrole nitrogens is 1. The summed E-state index contributed by atoms with van der Waals surface area (Å²) < 4.78 is 0. The van der Waals surface area contributed by atoms with Gasteiger partial charge >= 0.3 is 0 Å². The molecule has 0 amide bonds. The Kier molecular flexibility index (Phi) is 3.00. The van der Waals surface area contributed by atoms with Gasteiger partial charge in [-0.25, -0.2) is 4.98 Å². The van der Waals surface area contributed by atoms with Crippen LogP contribution in [-0.4, -0.2) is 60.2 Å². The fraction of sp³-hybridized carbons (Fsp3) is 0.714. The average molecular weight is 275 g/mol. The van der Waals surface area contributed by atoms with Gasteiger partial charge in [0.05, 0.1) is 0 Å². The van der Waals surface area contributed by atoms with Gasteiger partial charge in [-0.05, 0) is 12.8 Å². The van der Waals surface area contributed by atoms with E-state index < -0.39 is 0 Å². The van der Waals surface area contributed by atoms with Crippen molar-refractivity contribution in [1.29, 1.82) is 0 Å². The molecule has 0 bridgehead atoms. The minimum atomic E-state index is -0.0116. The average Bonchev–Trinajstić information content (AvgIpc) is 3.21. The van der Waals surface area contributed by atoms with Gasteiger partial charge in [0.1, 0.15) is 11.6 Å². The molecular weight excluding hydrogens is 254 g/mol. The molecule has 108 valence electrons. The van der Waals surface area contributed by atoms with Crippen molar-refractivity contribution in [2.24, 2.45) is 0 Å². The molecule has 3 fully saturated rings. The highest BCUT2D eigenvalue weighted by molar-refractivity contribution is 5.38. The Hall–Kier alpha value is -1.40. The smallest absolute Gasteiger partial charge is 0.252 e.